The van der Waals surface area contributed by atoms with Crippen LogP contribution in [0.5, 0.6) is 0 Å². The van der Waals surface area contributed by atoms with Crippen LogP contribution in [-0.4, -0.2) is 197 Å². The van der Waals surface area contributed by atoms with Gasteiger partial charge in [0.05, 0.1) is 13.1 Å². The first-order valence-corrected chi connectivity index (χ1v) is 26.2. The Morgan fingerprint density at radius 3 is 0.962 bits per heavy atom. The molecule has 0 unspecified atom stereocenters. The number of amides is 9. The van der Waals surface area contributed by atoms with Crippen molar-refractivity contribution >= 4 is 94.7 Å². The lowest BCUT2D eigenvalue weighted by molar-refractivity contribution is -0.135. The van der Waals surface area contributed by atoms with Crippen molar-refractivity contribution in [2.75, 3.05) is 71.9 Å². The fourth-order valence-corrected chi connectivity index (χ4v) is 7.39. The molecule has 9 amide bonds. The standard InChI is InChI=1S/C43H85N25O9S/c1-23(62-38(77)29(22-78-4)64-30(69)20-54-2)32(71)61-21-31(70)63-25(11-6-16-57-40(46)47)34(73)66-27(13-8-18-59-42(50)51)36(75)68-28(14-9-19-60-43(52)53)37(76)67-26(12-7-17-58-41(48)49)35(74)65-24(33(72)55-3)10-5-15-56-39(44)45/h23-29,54H,5-22H2,1-4H3,(H,55,72)(H,61,71)(H,62,77)(H,63,70)(H,64,69)(H,65,74)(H,66,73)(H,67,76)(H,68,75)(H4,44,45,56)(H4,46,47,57)(H4,48,49,58)(H4,50,51,59)(H4,52,53,60)/t23-,24+,25+,26+,27+,28+,29-/m0/s1. The summed E-state index contributed by atoms with van der Waals surface area (Å²) in [4.78, 5) is 141. The number of carbonyl (C=O) groups excluding carboxylic acids is 9. The Morgan fingerprint density at radius 2 is 0.667 bits per heavy atom. The molecular weight excluding hydrogens is 1040 g/mol. The molecule has 0 aliphatic rings. The van der Waals surface area contributed by atoms with Crippen molar-refractivity contribution in [2.45, 2.75) is 113 Å². The third-order valence-electron chi connectivity index (χ3n) is 10.7. The van der Waals surface area contributed by atoms with E-state index in [1.165, 1.54) is 25.7 Å². The summed E-state index contributed by atoms with van der Waals surface area (Å²) in [6, 6.07) is -8.74. The molecule has 0 aliphatic carbocycles. The molecule has 442 valence electrons. The van der Waals surface area contributed by atoms with Crippen LogP contribution in [0.3, 0.4) is 0 Å². The minimum absolute atomic E-state index is 0.00679. The second kappa shape index (κ2) is 40.2. The molecule has 34 nitrogen and oxygen atoms in total. The van der Waals surface area contributed by atoms with E-state index in [0.29, 0.717) is 0 Å². The topological polar surface area (TPSA) is 596 Å². The molecule has 0 aromatic heterocycles. The summed E-state index contributed by atoms with van der Waals surface area (Å²) in [5, 5.41) is 25.8. The van der Waals surface area contributed by atoms with Crippen LogP contribution in [0, 0.1) is 0 Å². The minimum atomic E-state index is -1.43. The van der Waals surface area contributed by atoms with E-state index in [2.05, 4.69) is 78.1 Å². The molecule has 0 bridgehead atoms. The van der Waals surface area contributed by atoms with E-state index >= 15 is 0 Å². The van der Waals surface area contributed by atoms with E-state index in [0.717, 1.165) is 0 Å². The monoisotopic (exact) mass is 1130 g/mol. The van der Waals surface area contributed by atoms with Gasteiger partial charge in [-0.3, -0.25) is 68.1 Å². The predicted molar refractivity (Wildman–Crippen MR) is 298 cm³/mol. The van der Waals surface area contributed by atoms with Gasteiger partial charge in [0.2, 0.25) is 53.2 Å². The van der Waals surface area contributed by atoms with Crippen molar-refractivity contribution in [3.05, 3.63) is 0 Å². The van der Waals surface area contributed by atoms with Crippen LogP contribution in [0.15, 0.2) is 25.0 Å². The highest BCUT2D eigenvalue weighted by molar-refractivity contribution is 7.98. The van der Waals surface area contributed by atoms with Crippen molar-refractivity contribution in [1.82, 2.24) is 53.2 Å². The van der Waals surface area contributed by atoms with Crippen molar-refractivity contribution in [3.63, 3.8) is 0 Å². The van der Waals surface area contributed by atoms with Crippen molar-refractivity contribution in [2.24, 2.45) is 82.3 Å². The lowest BCUT2D eigenvalue weighted by Crippen LogP contribution is -2.59. The van der Waals surface area contributed by atoms with Gasteiger partial charge >= 0.3 is 0 Å². The smallest absolute Gasteiger partial charge is 0.244 e. The second-order valence-electron chi connectivity index (χ2n) is 17.3. The average molecular weight is 1130 g/mol. The van der Waals surface area contributed by atoms with Crippen LogP contribution in [0.25, 0.3) is 0 Å². The molecular formula is C43H85N25O9S. The van der Waals surface area contributed by atoms with E-state index in [4.69, 9.17) is 57.3 Å². The third kappa shape index (κ3) is 33.0. The highest BCUT2D eigenvalue weighted by Gasteiger charge is 2.33. The zero-order chi connectivity index (χ0) is 59.2. The number of likely N-dealkylation sites (N-methyl/N-ethyl adjacent to an activating group) is 2. The fraction of sp³-hybridized carbons (Fsp3) is 0.674. The summed E-state index contributed by atoms with van der Waals surface area (Å²) < 4.78 is 0. The molecule has 0 radical (unpaired) electrons. The van der Waals surface area contributed by atoms with E-state index < -0.39 is 102 Å². The number of hydrogen-bond donors (Lipinski definition) is 20. The Hall–Kier alpha value is -8.11. The van der Waals surface area contributed by atoms with Gasteiger partial charge in [0, 0.05) is 45.5 Å². The number of guanidine groups is 5. The summed E-state index contributed by atoms with van der Waals surface area (Å²) in [7, 11) is 2.94. The van der Waals surface area contributed by atoms with Gasteiger partial charge in [-0.05, 0) is 84.4 Å². The number of aliphatic imine (C=N–C) groups is 5. The number of nitrogens with two attached hydrogens (primary N) is 10. The van der Waals surface area contributed by atoms with Crippen molar-refractivity contribution < 1.29 is 43.2 Å². The predicted octanol–water partition coefficient (Wildman–Crippen LogP) is -9.89. The highest BCUT2D eigenvalue weighted by Crippen LogP contribution is 2.09. The first-order chi connectivity index (χ1) is 36.8. The SMILES string of the molecule is CNCC(=O)N[C@@H](CSC)C(=O)N[C@@H](C)C(=O)NCC(=O)N[C@H](CCCN=C(N)N)C(=O)N[C@H](CCCN=C(N)N)C(=O)N[C@H](CCCN=C(N)N)C(=O)N[C@H](CCCN=C(N)N)C(=O)N[C@H](CCCN=C(N)N)C(=O)NC. The molecule has 35 heteroatoms. The van der Waals surface area contributed by atoms with Gasteiger partial charge in [-0.2, -0.15) is 11.8 Å². The summed E-state index contributed by atoms with van der Waals surface area (Å²) in [5.74, 6) is -7.53. The number of rotatable bonds is 40. The number of thioether (sulfide) groups is 1. The molecule has 0 rings (SSSR count). The molecule has 7 atom stereocenters. The first kappa shape index (κ1) is 69.9. The van der Waals surface area contributed by atoms with Gasteiger partial charge in [0.15, 0.2) is 29.8 Å². The summed E-state index contributed by atoms with van der Waals surface area (Å²) in [5.41, 5.74) is 54.9. The Balaban J connectivity index is 6.83. The summed E-state index contributed by atoms with van der Waals surface area (Å²) in [6.07, 6.45) is 2.28. The molecule has 0 aromatic rings. The molecule has 78 heavy (non-hydrogen) atoms. The Labute approximate surface area is 457 Å². The minimum Gasteiger partial charge on any atom is -0.370 e. The van der Waals surface area contributed by atoms with E-state index in [-0.39, 0.29) is 139 Å². The quantitative estimate of drug-likeness (QED) is 0.0154. The van der Waals surface area contributed by atoms with Crippen LogP contribution in [0.4, 0.5) is 0 Å². The van der Waals surface area contributed by atoms with Gasteiger partial charge in [0.25, 0.3) is 0 Å². The Morgan fingerprint density at radius 1 is 0.385 bits per heavy atom. The van der Waals surface area contributed by atoms with Gasteiger partial charge in [0.1, 0.15) is 42.3 Å². The van der Waals surface area contributed by atoms with Gasteiger partial charge in [-0.1, -0.05) is 0 Å². The second-order valence-corrected chi connectivity index (χ2v) is 18.2. The van der Waals surface area contributed by atoms with E-state index in [1.54, 1.807) is 13.3 Å². The molecule has 0 saturated carbocycles. The maximum absolute atomic E-state index is 14.4. The lowest BCUT2D eigenvalue weighted by Gasteiger charge is -2.27. The van der Waals surface area contributed by atoms with Crippen LogP contribution < -0.4 is 111 Å². The number of hydrogen-bond acceptors (Lipinski definition) is 16. The van der Waals surface area contributed by atoms with Crippen LogP contribution >= 0.6 is 11.8 Å². The van der Waals surface area contributed by atoms with Crippen LogP contribution in [0.1, 0.15) is 71.1 Å². The fourth-order valence-electron chi connectivity index (χ4n) is 6.83. The number of nitrogens with one attached hydrogen (secondary N) is 10. The summed E-state index contributed by atoms with van der Waals surface area (Å²) >= 11 is 1.29. The van der Waals surface area contributed by atoms with Gasteiger partial charge in [-0.25, -0.2) is 0 Å². The van der Waals surface area contributed by atoms with E-state index in [1.807, 2.05) is 0 Å². The normalized spacial score (nSPS) is 13.2. The molecule has 0 heterocycles. The molecule has 0 aliphatic heterocycles. The number of carbonyl (C=O) groups is 9. The first-order valence-electron chi connectivity index (χ1n) is 24.9. The molecule has 0 aromatic carbocycles. The van der Waals surface area contributed by atoms with Gasteiger partial charge < -0.3 is 111 Å². The Bertz CT molecular complexity index is 2090. The van der Waals surface area contributed by atoms with Crippen LogP contribution in [-0.2, 0) is 43.2 Å². The van der Waals surface area contributed by atoms with E-state index in [9.17, 15) is 43.2 Å². The third-order valence-corrected chi connectivity index (χ3v) is 11.3. The molecule has 0 saturated heterocycles. The highest BCUT2D eigenvalue weighted by atomic mass is 32.2. The Kier molecular flexibility index (Phi) is 36.0. The maximum atomic E-state index is 14.4. The van der Waals surface area contributed by atoms with Gasteiger partial charge in [-0.15, -0.1) is 0 Å². The lowest BCUT2D eigenvalue weighted by atomic mass is 10.0. The zero-order valence-electron chi connectivity index (χ0n) is 44.9. The molecule has 0 spiro atoms. The summed E-state index contributed by atoms with van der Waals surface area (Å²) in [6.45, 7) is 0.920. The molecule has 0 fully saturated rings. The zero-order valence-corrected chi connectivity index (χ0v) is 45.7. The largest absolute Gasteiger partial charge is 0.370 e. The van der Waals surface area contributed by atoms with Crippen molar-refractivity contribution in [3.8, 4) is 0 Å². The number of nitrogens with zero attached hydrogens (tertiary/aromatic N) is 5. The molecule has 30 N–H and O–H groups in total. The average Bonchev–Trinajstić information content (AvgIpc) is 3.36. The van der Waals surface area contributed by atoms with Crippen LogP contribution in [0.2, 0.25) is 0 Å². The maximum Gasteiger partial charge on any atom is 0.244 e. The van der Waals surface area contributed by atoms with Crippen molar-refractivity contribution in [1.29, 1.82) is 0 Å².